The highest BCUT2D eigenvalue weighted by atomic mass is 35.5. The summed E-state index contributed by atoms with van der Waals surface area (Å²) in [5, 5.41) is 9.86. The van der Waals surface area contributed by atoms with Crippen molar-refractivity contribution in [1.82, 2.24) is 10.2 Å². The highest BCUT2D eigenvalue weighted by Gasteiger charge is 2.02. The predicted octanol–water partition coefficient (Wildman–Crippen LogP) is 2.27. The van der Waals surface area contributed by atoms with Gasteiger partial charge in [0.05, 0.1) is 19.0 Å². The van der Waals surface area contributed by atoms with Crippen LogP contribution in [0, 0.1) is 0 Å². The van der Waals surface area contributed by atoms with E-state index in [0.717, 1.165) is 11.3 Å². The standard InChI is InChI=1S/C13H13ClN4O2/c1-2-20-10-5-3-9(4-6-10)7-15-17-11-8-16-18-13(19)12(11)14/h3-8H,2H2,1H3,(H2,17,18,19)/b15-7-. The fourth-order valence-corrected chi connectivity index (χ4v) is 1.59. The summed E-state index contributed by atoms with van der Waals surface area (Å²) >= 11 is 5.79. The number of H-pyrrole nitrogens is 1. The van der Waals surface area contributed by atoms with Crippen molar-refractivity contribution in [3.8, 4) is 5.75 Å². The van der Waals surface area contributed by atoms with Crippen LogP contribution in [0.15, 0.2) is 40.4 Å². The summed E-state index contributed by atoms with van der Waals surface area (Å²) in [6.45, 7) is 2.56. The molecule has 0 radical (unpaired) electrons. The van der Waals surface area contributed by atoms with E-state index in [1.54, 1.807) is 6.21 Å². The second-order valence-corrected chi connectivity index (χ2v) is 4.18. The van der Waals surface area contributed by atoms with Crippen LogP contribution in [0.3, 0.4) is 0 Å². The van der Waals surface area contributed by atoms with E-state index in [2.05, 4.69) is 20.7 Å². The fraction of sp³-hybridized carbons (Fsp3) is 0.154. The van der Waals surface area contributed by atoms with E-state index in [9.17, 15) is 4.79 Å². The van der Waals surface area contributed by atoms with Crippen molar-refractivity contribution < 1.29 is 4.74 Å². The lowest BCUT2D eigenvalue weighted by Gasteiger charge is -2.02. The van der Waals surface area contributed by atoms with Crippen LogP contribution in [0.4, 0.5) is 5.69 Å². The average molecular weight is 293 g/mol. The molecule has 2 N–H and O–H groups in total. The van der Waals surface area contributed by atoms with Gasteiger partial charge in [0.25, 0.3) is 5.56 Å². The Morgan fingerprint density at radius 1 is 1.45 bits per heavy atom. The van der Waals surface area contributed by atoms with Crippen molar-refractivity contribution in [2.45, 2.75) is 6.92 Å². The van der Waals surface area contributed by atoms with Crippen LogP contribution >= 0.6 is 11.6 Å². The molecule has 2 aromatic rings. The molecule has 7 heteroatoms. The van der Waals surface area contributed by atoms with Crippen molar-refractivity contribution in [2.75, 3.05) is 12.0 Å². The summed E-state index contributed by atoms with van der Waals surface area (Å²) in [6.07, 6.45) is 2.99. The van der Waals surface area contributed by atoms with E-state index in [4.69, 9.17) is 16.3 Å². The fourth-order valence-electron chi connectivity index (χ4n) is 1.45. The molecule has 6 nitrogen and oxygen atoms in total. The number of hydrogen-bond acceptors (Lipinski definition) is 5. The van der Waals surface area contributed by atoms with Crippen LogP contribution in [-0.2, 0) is 0 Å². The Labute approximate surface area is 120 Å². The summed E-state index contributed by atoms with van der Waals surface area (Å²) in [4.78, 5) is 11.2. The van der Waals surface area contributed by atoms with Crippen molar-refractivity contribution >= 4 is 23.5 Å². The van der Waals surface area contributed by atoms with Gasteiger partial charge in [-0.2, -0.15) is 10.2 Å². The number of nitrogens with one attached hydrogen (secondary N) is 2. The Balaban J connectivity index is 2.02. The first-order chi connectivity index (χ1) is 9.70. The molecule has 1 aromatic carbocycles. The van der Waals surface area contributed by atoms with Crippen LogP contribution in [0.2, 0.25) is 5.02 Å². The lowest BCUT2D eigenvalue weighted by Crippen LogP contribution is -2.10. The first-order valence-electron chi connectivity index (χ1n) is 5.96. The smallest absolute Gasteiger partial charge is 0.285 e. The second-order valence-electron chi connectivity index (χ2n) is 3.80. The third-order valence-corrected chi connectivity index (χ3v) is 2.76. The van der Waals surface area contributed by atoms with Gasteiger partial charge in [0, 0.05) is 0 Å². The topological polar surface area (TPSA) is 79.4 Å². The molecule has 104 valence electrons. The van der Waals surface area contributed by atoms with Crippen LogP contribution in [0.5, 0.6) is 5.75 Å². The van der Waals surface area contributed by atoms with E-state index < -0.39 is 5.56 Å². The van der Waals surface area contributed by atoms with Gasteiger partial charge in [-0.3, -0.25) is 10.2 Å². The Kier molecular flexibility index (Phi) is 4.73. The lowest BCUT2D eigenvalue weighted by atomic mass is 10.2. The minimum absolute atomic E-state index is 0.0174. The SMILES string of the molecule is CCOc1ccc(/C=N\Nc2cn[nH]c(=O)c2Cl)cc1. The molecule has 0 amide bonds. The quantitative estimate of drug-likeness (QED) is 0.654. The molecule has 0 spiro atoms. The molecule has 0 aliphatic carbocycles. The summed E-state index contributed by atoms with van der Waals surface area (Å²) < 4.78 is 5.34. The zero-order valence-corrected chi connectivity index (χ0v) is 11.5. The van der Waals surface area contributed by atoms with Crippen LogP contribution < -0.4 is 15.7 Å². The van der Waals surface area contributed by atoms with E-state index >= 15 is 0 Å². The number of hydrogen-bond donors (Lipinski definition) is 2. The highest BCUT2D eigenvalue weighted by molar-refractivity contribution is 6.32. The van der Waals surface area contributed by atoms with Gasteiger partial charge in [-0.05, 0) is 36.8 Å². The van der Waals surface area contributed by atoms with Gasteiger partial charge in [-0.25, -0.2) is 5.10 Å². The van der Waals surface area contributed by atoms with E-state index in [-0.39, 0.29) is 5.02 Å². The summed E-state index contributed by atoms with van der Waals surface area (Å²) in [5.41, 5.74) is 3.43. The van der Waals surface area contributed by atoms with Gasteiger partial charge in [0.15, 0.2) is 0 Å². The first-order valence-corrected chi connectivity index (χ1v) is 6.33. The summed E-state index contributed by atoms with van der Waals surface area (Å²) in [6, 6.07) is 7.45. The Hall–Kier alpha value is -2.34. The van der Waals surface area contributed by atoms with Crippen molar-refractivity contribution in [3.05, 3.63) is 51.4 Å². The molecular weight excluding hydrogens is 280 g/mol. The van der Waals surface area contributed by atoms with Crippen LogP contribution in [-0.4, -0.2) is 23.0 Å². The van der Waals surface area contributed by atoms with Crippen LogP contribution in [0.1, 0.15) is 12.5 Å². The number of anilines is 1. The molecule has 0 aliphatic rings. The molecule has 0 unspecified atom stereocenters. The third kappa shape index (κ3) is 3.58. The number of ether oxygens (including phenoxy) is 1. The van der Waals surface area contributed by atoms with Crippen molar-refractivity contribution in [1.29, 1.82) is 0 Å². The summed E-state index contributed by atoms with van der Waals surface area (Å²) in [5.74, 6) is 0.805. The van der Waals surface area contributed by atoms with Gasteiger partial charge in [0.1, 0.15) is 16.5 Å². The molecule has 0 aliphatic heterocycles. The Morgan fingerprint density at radius 2 is 2.20 bits per heavy atom. The number of aromatic amines is 1. The molecule has 1 aromatic heterocycles. The molecule has 0 bridgehead atoms. The highest BCUT2D eigenvalue weighted by Crippen LogP contribution is 2.14. The molecule has 1 heterocycles. The van der Waals surface area contributed by atoms with E-state index in [1.165, 1.54) is 6.20 Å². The van der Waals surface area contributed by atoms with Crippen molar-refractivity contribution in [3.63, 3.8) is 0 Å². The normalized spacial score (nSPS) is 10.7. The Morgan fingerprint density at radius 3 is 2.90 bits per heavy atom. The number of nitrogens with zero attached hydrogens (tertiary/aromatic N) is 2. The maximum absolute atomic E-state index is 11.2. The first kappa shape index (κ1) is 14.1. The molecule has 2 rings (SSSR count). The maximum atomic E-state index is 11.2. The van der Waals surface area contributed by atoms with Gasteiger partial charge in [-0.15, -0.1) is 0 Å². The lowest BCUT2D eigenvalue weighted by molar-refractivity contribution is 0.340. The van der Waals surface area contributed by atoms with E-state index in [1.807, 2.05) is 31.2 Å². The molecule has 20 heavy (non-hydrogen) atoms. The summed E-state index contributed by atoms with van der Waals surface area (Å²) in [7, 11) is 0. The predicted molar refractivity (Wildman–Crippen MR) is 78.7 cm³/mol. The zero-order chi connectivity index (χ0) is 14.4. The van der Waals surface area contributed by atoms with E-state index in [0.29, 0.717) is 12.3 Å². The minimum atomic E-state index is -0.465. The maximum Gasteiger partial charge on any atom is 0.285 e. The van der Waals surface area contributed by atoms with Gasteiger partial charge in [0.2, 0.25) is 0 Å². The third-order valence-electron chi connectivity index (χ3n) is 2.39. The number of hydrazone groups is 1. The molecule has 0 saturated heterocycles. The van der Waals surface area contributed by atoms with Gasteiger partial charge < -0.3 is 4.74 Å². The average Bonchev–Trinajstić information content (AvgIpc) is 2.46. The number of rotatable bonds is 5. The second kappa shape index (κ2) is 6.72. The van der Waals surface area contributed by atoms with Gasteiger partial charge in [-0.1, -0.05) is 11.6 Å². The number of aromatic nitrogens is 2. The van der Waals surface area contributed by atoms with Gasteiger partial charge >= 0.3 is 0 Å². The molecule has 0 saturated carbocycles. The largest absolute Gasteiger partial charge is 0.494 e. The number of halogens is 1. The Bertz CT molecular complexity index is 652. The molecular formula is C13H13ClN4O2. The zero-order valence-electron chi connectivity index (χ0n) is 10.8. The monoisotopic (exact) mass is 292 g/mol. The molecule has 0 fully saturated rings. The molecule has 0 atom stereocenters. The van der Waals surface area contributed by atoms with Crippen molar-refractivity contribution in [2.24, 2.45) is 5.10 Å². The number of benzene rings is 1. The minimum Gasteiger partial charge on any atom is -0.494 e. The van der Waals surface area contributed by atoms with Crippen LogP contribution in [0.25, 0.3) is 0 Å².